The van der Waals surface area contributed by atoms with E-state index in [1.165, 1.54) is 0 Å². The van der Waals surface area contributed by atoms with Gasteiger partial charge in [0.25, 0.3) is 0 Å². The van der Waals surface area contributed by atoms with Crippen molar-refractivity contribution in [1.82, 2.24) is 4.90 Å². The largest absolute Gasteiger partial charge is 0.381 e. The predicted molar refractivity (Wildman–Crippen MR) is 51.8 cm³/mol. The van der Waals surface area contributed by atoms with Gasteiger partial charge in [-0.1, -0.05) is 0 Å². The van der Waals surface area contributed by atoms with Crippen molar-refractivity contribution in [3.63, 3.8) is 0 Å². The van der Waals surface area contributed by atoms with Crippen LogP contribution in [0.5, 0.6) is 0 Å². The molecule has 2 nitrogen and oxygen atoms in total. The second-order valence-electron chi connectivity index (χ2n) is 4.95. The average Bonchev–Trinajstić information content (AvgIpc) is 2.35. The minimum absolute atomic E-state index is 0.101. The van der Waals surface area contributed by atoms with E-state index in [4.69, 9.17) is 0 Å². The van der Waals surface area contributed by atoms with Crippen LogP contribution < -0.4 is 0 Å². The van der Waals surface area contributed by atoms with Gasteiger partial charge in [0.1, 0.15) is 0 Å². The molecular weight excluding hydrogens is 340 g/mol. The Kier molecular flexibility index (Phi) is 3.96. The molecule has 1 saturated carbocycles. The minimum atomic E-state index is -6.88. The van der Waals surface area contributed by atoms with Crippen LogP contribution in [0.4, 0.5) is 43.9 Å². The fourth-order valence-corrected chi connectivity index (χ4v) is 1.91. The highest BCUT2D eigenvalue weighted by atomic mass is 19.4. The zero-order chi connectivity index (χ0) is 17.9. The van der Waals surface area contributed by atoms with Crippen molar-refractivity contribution < 1.29 is 48.7 Å². The molecule has 0 aromatic rings. The summed E-state index contributed by atoms with van der Waals surface area (Å²) in [5, 5.41) is 0. The number of amides is 1. The fourth-order valence-electron chi connectivity index (χ4n) is 1.91. The summed E-state index contributed by atoms with van der Waals surface area (Å²) in [5.74, 6) is -27.9. The second-order valence-corrected chi connectivity index (χ2v) is 4.95. The van der Waals surface area contributed by atoms with Crippen molar-refractivity contribution in [2.24, 2.45) is 0 Å². The molecular formula is C10H9F10NO. The van der Waals surface area contributed by atoms with Gasteiger partial charge in [-0.25, -0.2) is 8.78 Å². The second kappa shape index (κ2) is 4.63. The topological polar surface area (TPSA) is 20.3 Å². The number of carbonyl (C=O) groups excluding carboxylic acids is 1. The summed E-state index contributed by atoms with van der Waals surface area (Å²) in [6, 6.07) is 0. The van der Waals surface area contributed by atoms with E-state index in [1.807, 2.05) is 0 Å². The summed E-state index contributed by atoms with van der Waals surface area (Å²) in [4.78, 5) is 10.7. The molecule has 2 atom stereocenters. The fraction of sp³-hybridized carbons (Fsp3) is 0.900. The van der Waals surface area contributed by atoms with Crippen molar-refractivity contribution in [3.05, 3.63) is 0 Å². The van der Waals surface area contributed by atoms with Crippen molar-refractivity contribution in [1.29, 1.82) is 0 Å². The van der Waals surface area contributed by atoms with Crippen LogP contribution in [0.3, 0.4) is 0 Å². The summed E-state index contributed by atoms with van der Waals surface area (Å²) in [6.45, 7) is -1.65. The third kappa shape index (κ3) is 1.91. The smallest absolute Gasteiger partial charge is 0.342 e. The minimum Gasteiger partial charge on any atom is -0.342 e. The third-order valence-electron chi connectivity index (χ3n) is 3.45. The molecule has 0 aromatic carbocycles. The molecule has 1 amide bonds. The summed E-state index contributed by atoms with van der Waals surface area (Å²) in [7, 11) is 0.523. The van der Waals surface area contributed by atoms with E-state index in [-0.39, 0.29) is 4.90 Å². The van der Waals surface area contributed by atoms with E-state index in [0.717, 1.165) is 0 Å². The lowest BCUT2D eigenvalue weighted by Crippen LogP contribution is -2.81. The molecule has 0 bridgehead atoms. The molecule has 0 aliphatic heterocycles. The van der Waals surface area contributed by atoms with Gasteiger partial charge in [0.2, 0.25) is 17.7 Å². The van der Waals surface area contributed by atoms with Gasteiger partial charge in [-0.15, -0.1) is 0 Å². The van der Waals surface area contributed by atoms with Crippen LogP contribution in [-0.2, 0) is 4.79 Å². The van der Waals surface area contributed by atoms with E-state index in [0.29, 0.717) is 14.0 Å². The average molecular weight is 349 g/mol. The van der Waals surface area contributed by atoms with Gasteiger partial charge in [-0.3, -0.25) is 4.79 Å². The highest BCUT2D eigenvalue weighted by Crippen LogP contribution is 2.64. The quantitative estimate of drug-likeness (QED) is 0.702. The maximum Gasteiger partial charge on any atom is 0.381 e. The van der Waals surface area contributed by atoms with Crippen LogP contribution >= 0.6 is 0 Å². The lowest BCUT2D eigenvalue weighted by Gasteiger charge is -2.51. The Balaban J connectivity index is 3.55. The Bertz CT molecular complexity index is 478. The van der Waals surface area contributed by atoms with Gasteiger partial charge in [0, 0.05) is 14.0 Å². The maximum absolute atomic E-state index is 14.1. The normalized spacial score (nSPS) is 35.0. The highest BCUT2D eigenvalue weighted by molar-refractivity contribution is 5.73. The zero-order valence-electron chi connectivity index (χ0n) is 10.9. The van der Waals surface area contributed by atoms with E-state index >= 15 is 0 Å². The van der Waals surface area contributed by atoms with Crippen LogP contribution in [0.2, 0.25) is 0 Å². The number of alkyl halides is 10. The first-order chi connectivity index (χ1) is 9.48. The van der Waals surface area contributed by atoms with Gasteiger partial charge >= 0.3 is 23.7 Å². The van der Waals surface area contributed by atoms with Crippen molar-refractivity contribution in [2.75, 3.05) is 13.6 Å². The summed E-state index contributed by atoms with van der Waals surface area (Å²) in [6.07, 6.45) is -4.97. The Morgan fingerprint density at radius 2 is 1.32 bits per heavy atom. The van der Waals surface area contributed by atoms with E-state index < -0.39 is 48.0 Å². The summed E-state index contributed by atoms with van der Waals surface area (Å²) < 4.78 is 132. The first-order valence-corrected chi connectivity index (χ1v) is 5.54. The van der Waals surface area contributed by atoms with E-state index in [2.05, 4.69) is 0 Å². The SMILES string of the molecule is CC(=O)N(C)CC1(F)C(F)C(F)(F)C(F)(F)C(F)(F)C1(F)F. The highest BCUT2D eigenvalue weighted by Gasteiger charge is 2.94. The maximum atomic E-state index is 14.1. The van der Waals surface area contributed by atoms with Crippen molar-refractivity contribution in [2.45, 2.75) is 42.5 Å². The zero-order valence-corrected chi connectivity index (χ0v) is 10.9. The van der Waals surface area contributed by atoms with Gasteiger partial charge in [-0.05, 0) is 0 Å². The Morgan fingerprint density at radius 1 is 0.909 bits per heavy atom. The molecule has 12 heteroatoms. The van der Waals surface area contributed by atoms with Crippen LogP contribution in [0, 0.1) is 0 Å². The molecule has 22 heavy (non-hydrogen) atoms. The van der Waals surface area contributed by atoms with Crippen LogP contribution in [0.25, 0.3) is 0 Å². The van der Waals surface area contributed by atoms with Crippen LogP contribution in [0.1, 0.15) is 6.92 Å². The molecule has 2 unspecified atom stereocenters. The standard InChI is InChI=1S/C10H9F10NO/c1-4(22)21(2)3-6(12)5(11)7(13,14)9(17,18)10(19,20)8(6,15)16/h5H,3H2,1-2H3. The summed E-state index contributed by atoms with van der Waals surface area (Å²) >= 11 is 0. The third-order valence-corrected chi connectivity index (χ3v) is 3.45. The molecule has 1 aliphatic rings. The Morgan fingerprint density at radius 3 is 1.68 bits per heavy atom. The predicted octanol–water partition coefficient (Wildman–Crippen LogP) is 3.07. The number of rotatable bonds is 2. The monoisotopic (exact) mass is 349 g/mol. The Hall–Kier alpha value is -1.23. The molecule has 1 rings (SSSR count). The number of halogens is 10. The number of hydrogen-bond donors (Lipinski definition) is 0. The Labute approximate surface area is 117 Å². The molecule has 0 N–H and O–H groups in total. The number of nitrogens with zero attached hydrogens (tertiary/aromatic N) is 1. The van der Waals surface area contributed by atoms with Crippen LogP contribution in [0.15, 0.2) is 0 Å². The van der Waals surface area contributed by atoms with E-state index in [9.17, 15) is 48.7 Å². The molecule has 0 aromatic heterocycles. The lowest BCUT2D eigenvalue weighted by molar-refractivity contribution is -0.442. The van der Waals surface area contributed by atoms with Gasteiger partial charge < -0.3 is 4.90 Å². The number of hydrogen-bond acceptors (Lipinski definition) is 1. The molecule has 0 spiro atoms. The van der Waals surface area contributed by atoms with Crippen molar-refractivity contribution in [3.8, 4) is 0 Å². The van der Waals surface area contributed by atoms with E-state index in [1.54, 1.807) is 0 Å². The first kappa shape index (κ1) is 18.8. The molecule has 1 aliphatic carbocycles. The molecule has 0 heterocycles. The van der Waals surface area contributed by atoms with Gasteiger partial charge in [0.05, 0.1) is 6.54 Å². The van der Waals surface area contributed by atoms with Gasteiger partial charge in [-0.2, -0.15) is 35.1 Å². The van der Waals surface area contributed by atoms with Gasteiger partial charge in [0.15, 0.2) is 0 Å². The number of carbonyl (C=O) groups is 1. The van der Waals surface area contributed by atoms with Crippen molar-refractivity contribution >= 4 is 5.91 Å². The van der Waals surface area contributed by atoms with Crippen LogP contribution in [-0.4, -0.2) is 59.9 Å². The molecule has 1 fully saturated rings. The lowest BCUT2D eigenvalue weighted by atomic mass is 9.73. The molecule has 0 radical (unpaired) electrons. The molecule has 130 valence electrons. The summed E-state index contributed by atoms with van der Waals surface area (Å²) in [5.41, 5.74) is -5.41. The first-order valence-electron chi connectivity index (χ1n) is 5.54. The molecule has 0 saturated heterocycles.